The largest absolute Gasteiger partial charge is 0.396 e. The van der Waals surface area contributed by atoms with Crippen molar-refractivity contribution in [3.63, 3.8) is 0 Å². The van der Waals surface area contributed by atoms with E-state index in [4.69, 9.17) is 5.73 Å². The fraction of sp³-hybridized carbons (Fsp3) is 0.600. The highest BCUT2D eigenvalue weighted by Gasteiger charge is 2.16. The fourth-order valence-electron chi connectivity index (χ4n) is 2.66. The first-order valence-electron chi connectivity index (χ1n) is 7.42. The number of piperidine rings is 1. The molecule has 0 aliphatic carbocycles. The maximum atomic E-state index is 11.6. The van der Waals surface area contributed by atoms with E-state index in [1.807, 2.05) is 6.07 Å². The molecule has 3 N–H and O–H groups in total. The number of likely N-dealkylation sites (tertiary alicyclic amines) is 1. The number of nitrogen functional groups attached to an aromatic ring is 1. The van der Waals surface area contributed by atoms with Crippen molar-refractivity contribution >= 4 is 21.2 Å². The lowest BCUT2D eigenvalue weighted by molar-refractivity contribution is 0.199. The van der Waals surface area contributed by atoms with E-state index in [1.54, 1.807) is 12.1 Å². The van der Waals surface area contributed by atoms with Crippen LogP contribution in [0.25, 0.3) is 0 Å². The minimum Gasteiger partial charge on any atom is -0.396 e. The molecule has 1 aromatic rings. The third kappa shape index (κ3) is 4.35. The molecular formula is C15H25N3O2S. The predicted octanol–water partition coefficient (Wildman–Crippen LogP) is 1.82. The molecule has 1 heterocycles. The summed E-state index contributed by atoms with van der Waals surface area (Å²) in [5.74, 6) is 0.830. The molecule has 0 amide bonds. The topological polar surface area (TPSA) is 75.4 Å². The number of nitrogens with zero attached hydrogens (tertiary/aromatic N) is 1. The van der Waals surface area contributed by atoms with Crippen LogP contribution >= 0.6 is 0 Å². The Labute approximate surface area is 127 Å². The summed E-state index contributed by atoms with van der Waals surface area (Å²) < 4.78 is 23.3. The van der Waals surface area contributed by atoms with Gasteiger partial charge in [0.2, 0.25) is 0 Å². The first-order valence-corrected chi connectivity index (χ1v) is 9.32. The molecule has 0 radical (unpaired) electrons. The SMILES string of the molecule is CC1CCN(CCNc2cccc(S(C)(=O)=O)c2N)CC1. The average molecular weight is 311 g/mol. The number of sulfone groups is 1. The summed E-state index contributed by atoms with van der Waals surface area (Å²) in [6.07, 6.45) is 3.69. The van der Waals surface area contributed by atoms with Crippen LogP contribution in [0.3, 0.4) is 0 Å². The van der Waals surface area contributed by atoms with E-state index in [2.05, 4.69) is 17.1 Å². The lowest BCUT2D eigenvalue weighted by atomic mass is 9.99. The Morgan fingerprint density at radius 3 is 2.62 bits per heavy atom. The highest BCUT2D eigenvalue weighted by atomic mass is 32.2. The van der Waals surface area contributed by atoms with Crippen LogP contribution in [0.2, 0.25) is 0 Å². The van der Waals surface area contributed by atoms with Gasteiger partial charge in [0.15, 0.2) is 9.84 Å². The summed E-state index contributed by atoms with van der Waals surface area (Å²) >= 11 is 0. The quantitative estimate of drug-likeness (QED) is 0.811. The van der Waals surface area contributed by atoms with Crippen molar-refractivity contribution in [3.8, 4) is 0 Å². The van der Waals surface area contributed by atoms with E-state index in [0.717, 1.165) is 32.1 Å². The van der Waals surface area contributed by atoms with Crippen LogP contribution in [0.4, 0.5) is 11.4 Å². The highest BCUT2D eigenvalue weighted by Crippen LogP contribution is 2.26. The number of benzene rings is 1. The van der Waals surface area contributed by atoms with Crippen molar-refractivity contribution in [2.24, 2.45) is 5.92 Å². The van der Waals surface area contributed by atoms with E-state index in [9.17, 15) is 8.42 Å². The molecule has 0 aromatic heterocycles. The number of anilines is 2. The molecule has 1 fully saturated rings. The molecule has 0 saturated carbocycles. The van der Waals surface area contributed by atoms with Crippen LogP contribution in [0.5, 0.6) is 0 Å². The zero-order valence-electron chi connectivity index (χ0n) is 12.8. The Kier molecular flexibility index (Phi) is 5.11. The molecule has 21 heavy (non-hydrogen) atoms. The molecule has 6 heteroatoms. The molecule has 1 aliphatic rings. The maximum Gasteiger partial charge on any atom is 0.177 e. The van der Waals surface area contributed by atoms with Crippen molar-refractivity contribution in [2.75, 3.05) is 43.5 Å². The molecule has 0 unspecified atom stereocenters. The third-order valence-corrected chi connectivity index (χ3v) is 5.24. The van der Waals surface area contributed by atoms with Gasteiger partial charge in [-0.25, -0.2) is 8.42 Å². The van der Waals surface area contributed by atoms with E-state index < -0.39 is 9.84 Å². The Balaban J connectivity index is 1.92. The Morgan fingerprint density at radius 2 is 2.00 bits per heavy atom. The minimum absolute atomic E-state index is 0.194. The number of hydrogen-bond acceptors (Lipinski definition) is 5. The maximum absolute atomic E-state index is 11.6. The van der Waals surface area contributed by atoms with Gasteiger partial charge in [-0.15, -0.1) is 0 Å². The second-order valence-corrected chi connectivity index (χ2v) is 7.92. The predicted molar refractivity (Wildman–Crippen MR) is 87.3 cm³/mol. The Hall–Kier alpha value is -1.27. The standard InChI is InChI=1S/C15H25N3O2S/c1-12-6-9-18(10-7-12)11-8-17-13-4-3-5-14(15(13)16)21(2,19)20/h3-5,12,17H,6-11,16H2,1-2H3. The average Bonchev–Trinajstić information content (AvgIpc) is 2.41. The highest BCUT2D eigenvalue weighted by molar-refractivity contribution is 7.90. The van der Waals surface area contributed by atoms with Crippen LogP contribution in [0.1, 0.15) is 19.8 Å². The van der Waals surface area contributed by atoms with E-state index >= 15 is 0 Å². The van der Waals surface area contributed by atoms with Crippen molar-refractivity contribution < 1.29 is 8.42 Å². The van der Waals surface area contributed by atoms with Gasteiger partial charge in [0.1, 0.15) is 0 Å². The van der Waals surface area contributed by atoms with Gasteiger partial charge in [0.25, 0.3) is 0 Å². The van der Waals surface area contributed by atoms with Gasteiger partial charge in [-0.2, -0.15) is 0 Å². The summed E-state index contributed by atoms with van der Waals surface area (Å²) in [4.78, 5) is 2.63. The van der Waals surface area contributed by atoms with E-state index in [1.165, 1.54) is 19.1 Å². The number of para-hydroxylation sites is 1. The molecule has 0 atom stereocenters. The molecule has 1 saturated heterocycles. The molecule has 2 rings (SSSR count). The number of nitrogens with one attached hydrogen (secondary N) is 1. The fourth-order valence-corrected chi connectivity index (χ4v) is 3.49. The van der Waals surface area contributed by atoms with Gasteiger partial charge >= 0.3 is 0 Å². The van der Waals surface area contributed by atoms with Crippen molar-refractivity contribution in [1.82, 2.24) is 4.90 Å². The van der Waals surface area contributed by atoms with Crippen LogP contribution in [0, 0.1) is 5.92 Å². The zero-order valence-corrected chi connectivity index (χ0v) is 13.6. The summed E-state index contributed by atoms with van der Waals surface area (Å²) in [5, 5.41) is 3.25. The Morgan fingerprint density at radius 1 is 1.33 bits per heavy atom. The number of nitrogens with two attached hydrogens (primary N) is 1. The normalized spacial score (nSPS) is 17.8. The smallest absolute Gasteiger partial charge is 0.177 e. The second kappa shape index (κ2) is 6.66. The summed E-state index contributed by atoms with van der Waals surface area (Å²) in [5.41, 5.74) is 6.96. The zero-order chi connectivity index (χ0) is 15.5. The van der Waals surface area contributed by atoms with Crippen LogP contribution < -0.4 is 11.1 Å². The van der Waals surface area contributed by atoms with Crippen LogP contribution in [-0.2, 0) is 9.84 Å². The van der Waals surface area contributed by atoms with Crippen molar-refractivity contribution in [1.29, 1.82) is 0 Å². The number of rotatable bonds is 5. The molecule has 0 bridgehead atoms. The van der Waals surface area contributed by atoms with Gasteiger partial charge in [-0.1, -0.05) is 13.0 Å². The van der Waals surface area contributed by atoms with Crippen molar-refractivity contribution in [2.45, 2.75) is 24.7 Å². The first-order chi connectivity index (χ1) is 9.88. The van der Waals surface area contributed by atoms with Crippen molar-refractivity contribution in [3.05, 3.63) is 18.2 Å². The van der Waals surface area contributed by atoms with E-state index in [-0.39, 0.29) is 4.90 Å². The monoisotopic (exact) mass is 311 g/mol. The minimum atomic E-state index is -3.28. The van der Waals surface area contributed by atoms with Gasteiger partial charge in [-0.3, -0.25) is 0 Å². The number of hydrogen-bond donors (Lipinski definition) is 2. The molecule has 1 aromatic carbocycles. The van der Waals surface area contributed by atoms with Crippen LogP contribution in [0.15, 0.2) is 23.1 Å². The Bertz CT molecular complexity index is 579. The summed E-state index contributed by atoms with van der Waals surface area (Å²) in [7, 11) is -3.28. The van der Waals surface area contributed by atoms with Gasteiger partial charge in [-0.05, 0) is 44.0 Å². The second-order valence-electron chi connectivity index (χ2n) is 5.94. The lowest BCUT2D eigenvalue weighted by Gasteiger charge is -2.30. The van der Waals surface area contributed by atoms with Crippen LogP contribution in [-0.4, -0.2) is 45.8 Å². The molecule has 5 nitrogen and oxygen atoms in total. The molecule has 118 valence electrons. The molecule has 0 spiro atoms. The van der Waals surface area contributed by atoms with Gasteiger partial charge in [0.05, 0.1) is 16.3 Å². The molecule has 1 aliphatic heterocycles. The van der Waals surface area contributed by atoms with Gasteiger partial charge < -0.3 is 16.0 Å². The van der Waals surface area contributed by atoms with Gasteiger partial charge in [0, 0.05) is 19.3 Å². The molecular weight excluding hydrogens is 286 g/mol. The summed E-state index contributed by atoms with van der Waals surface area (Å²) in [6.45, 7) is 6.30. The first kappa shape index (κ1) is 16.1. The summed E-state index contributed by atoms with van der Waals surface area (Å²) in [6, 6.07) is 5.09. The third-order valence-electron chi connectivity index (χ3n) is 4.09. The van der Waals surface area contributed by atoms with E-state index in [0.29, 0.717) is 11.4 Å². The lowest BCUT2D eigenvalue weighted by Crippen LogP contribution is -2.36.